The largest absolute Gasteiger partial charge is 0.358 e. The highest BCUT2D eigenvalue weighted by Gasteiger charge is 2.18. The molecule has 130 valence electrons. The molecule has 6 nitrogen and oxygen atoms in total. The number of benzene rings is 1. The maximum Gasteiger partial charge on any atom is 0.262 e. The number of hydrogen-bond acceptors (Lipinski definition) is 5. The number of carbonyl (C=O) groups excluding carboxylic acids is 1. The molecule has 0 saturated carbocycles. The van der Waals surface area contributed by atoms with Crippen LogP contribution >= 0.6 is 11.8 Å². The minimum atomic E-state index is -0.317. The van der Waals surface area contributed by atoms with Crippen LogP contribution in [0.5, 0.6) is 0 Å². The number of nitrogens with zero attached hydrogens (tertiary/aromatic N) is 3. The number of aromatic nitrogens is 2. The van der Waals surface area contributed by atoms with E-state index in [9.17, 15) is 9.59 Å². The lowest BCUT2D eigenvalue weighted by Crippen LogP contribution is -2.30. The average Bonchev–Trinajstić information content (AvgIpc) is 2.56. The fourth-order valence-electron chi connectivity index (χ4n) is 2.39. The van der Waals surface area contributed by atoms with Gasteiger partial charge in [-0.15, -0.1) is 0 Å². The number of thioether (sulfide) groups is 1. The van der Waals surface area contributed by atoms with E-state index >= 15 is 0 Å². The van der Waals surface area contributed by atoms with E-state index in [1.807, 2.05) is 39.2 Å². The first kappa shape index (κ1) is 18.5. The Morgan fingerprint density at radius 1 is 1.38 bits per heavy atom. The lowest BCUT2D eigenvalue weighted by atomic mass is 10.2. The summed E-state index contributed by atoms with van der Waals surface area (Å²) in [6.07, 6.45) is 0.842. The van der Waals surface area contributed by atoms with Crippen molar-refractivity contribution in [2.24, 2.45) is 0 Å². The van der Waals surface area contributed by atoms with Gasteiger partial charge in [0.25, 0.3) is 5.56 Å². The van der Waals surface area contributed by atoms with E-state index in [1.54, 1.807) is 17.7 Å². The standard InChI is InChI=1S/C17H24N4O2S/c1-12(15(22)18-2)24-17-19-14-9-6-5-8-13(14)16(23)21(17)11-7-10-20(3)4/h5-6,8-9,12H,7,10-11H2,1-4H3,(H,18,22)/t12-/m0/s1. The first-order valence-corrected chi connectivity index (χ1v) is 8.84. The third-order valence-electron chi connectivity index (χ3n) is 3.71. The zero-order chi connectivity index (χ0) is 17.7. The summed E-state index contributed by atoms with van der Waals surface area (Å²) in [4.78, 5) is 31.4. The van der Waals surface area contributed by atoms with Gasteiger partial charge >= 0.3 is 0 Å². The molecule has 1 amide bonds. The molecule has 1 N–H and O–H groups in total. The molecule has 1 heterocycles. The summed E-state index contributed by atoms with van der Waals surface area (Å²) in [5.41, 5.74) is 0.615. The summed E-state index contributed by atoms with van der Waals surface area (Å²) in [6, 6.07) is 7.33. The maximum absolute atomic E-state index is 12.8. The Labute approximate surface area is 146 Å². The predicted octanol–water partition coefficient (Wildman–Crippen LogP) is 1.57. The van der Waals surface area contributed by atoms with Crippen LogP contribution in [0.1, 0.15) is 13.3 Å². The molecule has 0 saturated heterocycles. The van der Waals surface area contributed by atoms with Crippen LogP contribution in [-0.2, 0) is 11.3 Å². The molecular formula is C17H24N4O2S. The SMILES string of the molecule is CNC(=O)[C@H](C)Sc1nc2ccccc2c(=O)n1CCCN(C)C. The van der Waals surface area contributed by atoms with Gasteiger partial charge in [-0.1, -0.05) is 23.9 Å². The molecule has 1 aromatic heterocycles. The molecule has 0 bridgehead atoms. The maximum atomic E-state index is 12.8. The van der Waals surface area contributed by atoms with Crippen molar-refractivity contribution in [1.82, 2.24) is 19.8 Å². The minimum Gasteiger partial charge on any atom is -0.358 e. The number of para-hydroxylation sites is 1. The molecule has 1 aromatic carbocycles. The molecule has 24 heavy (non-hydrogen) atoms. The third kappa shape index (κ3) is 4.36. The van der Waals surface area contributed by atoms with Crippen LogP contribution < -0.4 is 10.9 Å². The summed E-state index contributed by atoms with van der Waals surface area (Å²) in [5.74, 6) is -0.0813. The Morgan fingerprint density at radius 2 is 2.08 bits per heavy atom. The Bertz CT molecular complexity index is 773. The number of hydrogen-bond donors (Lipinski definition) is 1. The number of rotatable bonds is 7. The van der Waals surface area contributed by atoms with Crippen molar-refractivity contribution in [3.05, 3.63) is 34.6 Å². The highest BCUT2D eigenvalue weighted by molar-refractivity contribution is 8.00. The zero-order valence-electron chi connectivity index (χ0n) is 14.6. The van der Waals surface area contributed by atoms with Crippen molar-refractivity contribution in [3.8, 4) is 0 Å². The summed E-state index contributed by atoms with van der Waals surface area (Å²) < 4.78 is 1.69. The van der Waals surface area contributed by atoms with E-state index in [-0.39, 0.29) is 16.7 Å². The Hall–Kier alpha value is -1.86. The van der Waals surface area contributed by atoms with E-state index in [0.29, 0.717) is 22.6 Å². The minimum absolute atomic E-state index is 0.0500. The van der Waals surface area contributed by atoms with E-state index in [2.05, 4.69) is 15.2 Å². The van der Waals surface area contributed by atoms with Crippen molar-refractivity contribution >= 4 is 28.6 Å². The number of fused-ring (bicyclic) bond motifs is 1. The van der Waals surface area contributed by atoms with E-state index in [4.69, 9.17) is 0 Å². The highest BCUT2D eigenvalue weighted by Crippen LogP contribution is 2.22. The molecule has 0 aliphatic carbocycles. The lowest BCUT2D eigenvalue weighted by Gasteiger charge is -2.16. The first-order chi connectivity index (χ1) is 11.4. The Kier molecular flexibility index (Phi) is 6.39. The van der Waals surface area contributed by atoms with Gasteiger partial charge in [0, 0.05) is 13.6 Å². The van der Waals surface area contributed by atoms with Gasteiger partial charge in [0.1, 0.15) is 0 Å². The molecular weight excluding hydrogens is 324 g/mol. The van der Waals surface area contributed by atoms with Gasteiger partial charge in [0.15, 0.2) is 5.16 Å². The number of carbonyl (C=O) groups is 1. The molecule has 0 unspecified atom stereocenters. The Morgan fingerprint density at radius 3 is 2.75 bits per heavy atom. The van der Waals surface area contributed by atoms with E-state index in [0.717, 1.165) is 13.0 Å². The second-order valence-electron chi connectivity index (χ2n) is 5.90. The van der Waals surface area contributed by atoms with Crippen LogP contribution in [0.4, 0.5) is 0 Å². The van der Waals surface area contributed by atoms with E-state index < -0.39 is 0 Å². The van der Waals surface area contributed by atoms with Crippen LogP contribution in [0.15, 0.2) is 34.2 Å². The lowest BCUT2D eigenvalue weighted by molar-refractivity contribution is -0.119. The first-order valence-electron chi connectivity index (χ1n) is 7.96. The summed E-state index contributed by atoms with van der Waals surface area (Å²) in [7, 11) is 5.62. The molecule has 0 fully saturated rings. The molecule has 0 radical (unpaired) electrons. The monoisotopic (exact) mass is 348 g/mol. The van der Waals surface area contributed by atoms with Gasteiger partial charge in [-0.3, -0.25) is 14.2 Å². The van der Waals surface area contributed by atoms with Crippen molar-refractivity contribution in [2.75, 3.05) is 27.7 Å². The molecule has 0 spiro atoms. The Balaban J connectivity index is 2.41. The van der Waals surface area contributed by atoms with E-state index in [1.165, 1.54) is 11.8 Å². The average molecular weight is 348 g/mol. The van der Waals surface area contributed by atoms with Crippen LogP contribution in [0.2, 0.25) is 0 Å². The topological polar surface area (TPSA) is 67.2 Å². The predicted molar refractivity (Wildman–Crippen MR) is 98.6 cm³/mol. The summed E-state index contributed by atoms with van der Waals surface area (Å²) in [5, 5.41) is 3.52. The third-order valence-corrected chi connectivity index (χ3v) is 4.80. The highest BCUT2D eigenvalue weighted by atomic mass is 32.2. The number of amides is 1. The van der Waals surface area contributed by atoms with Gasteiger partial charge in [-0.2, -0.15) is 0 Å². The molecule has 0 aliphatic rings. The van der Waals surface area contributed by atoms with Gasteiger partial charge in [0.2, 0.25) is 5.91 Å². The fourth-order valence-corrected chi connectivity index (χ4v) is 3.39. The van der Waals surface area contributed by atoms with Gasteiger partial charge in [-0.05, 0) is 46.1 Å². The van der Waals surface area contributed by atoms with Crippen LogP contribution in [0, 0.1) is 0 Å². The van der Waals surface area contributed by atoms with Gasteiger partial charge < -0.3 is 10.2 Å². The summed E-state index contributed by atoms with van der Waals surface area (Å²) >= 11 is 1.32. The van der Waals surface area contributed by atoms with Crippen molar-refractivity contribution < 1.29 is 4.79 Å². The summed E-state index contributed by atoms with van der Waals surface area (Å²) in [6.45, 7) is 3.28. The second kappa shape index (κ2) is 8.30. The quantitative estimate of drug-likeness (QED) is 0.608. The number of nitrogens with one attached hydrogen (secondary N) is 1. The van der Waals surface area contributed by atoms with Crippen molar-refractivity contribution in [3.63, 3.8) is 0 Å². The second-order valence-corrected chi connectivity index (χ2v) is 7.21. The van der Waals surface area contributed by atoms with Crippen LogP contribution in [0.25, 0.3) is 10.9 Å². The smallest absolute Gasteiger partial charge is 0.262 e. The molecule has 7 heteroatoms. The fraction of sp³-hybridized carbons (Fsp3) is 0.471. The van der Waals surface area contributed by atoms with Gasteiger partial charge in [-0.25, -0.2) is 4.98 Å². The van der Waals surface area contributed by atoms with Crippen molar-refractivity contribution in [1.29, 1.82) is 0 Å². The zero-order valence-corrected chi connectivity index (χ0v) is 15.4. The normalized spacial score (nSPS) is 12.5. The van der Waals surface area contributed by atoms with Crippen LogP contribution in [-0.4, -0.2) is 53.3 Å². The molecule has 1 atom stereocenters. The van der Waals surface area contributed by atoms with Crippen LogP contribution in [0.3, 0.4) is 0 Å². The molecule has 0 aliphatic heterocycles. The van der Waals surface area contributed by atoms with Crippen molar-refractivity contribution in [2.45, 2.75) is 30.3 Å². The molecule has 2 rings (SSSR count). The van der Waals surface area contributed by atoms with Gasteiger partial charge in [0.05, 0.1) is 16.2 Å². The molecule has 2 aromatic rings.